The van der Waals surface area contributed by atoms with E-state index in [0.717, 1.165) is 17.7 Å². The third kappa shape index (κ3) is 4.33. The fourth-order valence-corrected chi connectivity index (χ4v) is 2.44. The van der Waals surface area contributed by atoms with Crippen molar-refractivity contribution >= 4 is 11.6 Å². The molecule has 0 aliphatic carbocycles. The normalized spacial score (nSPS) is 16.1. The summed E-state index contributed by atoms with van der Waals surface area (Å²) in [7, 11) is 0. The minimum absolute atomic E-state index is 0.154. The number of carbonyl (C=O) groups is 1. The summed E-state index contributed by atoms with van der Waals surface area (Å²) in [6, 6.07) is 14.9. The summed E-state index contributed by atoms with van der Waals surface area (Å²) in [5.41, 5.74) is 4.14. The summed E-state index contributed by atoms with van der Waals surface area (Å²) in [5, 5.41) is 4.16. The molecule has 1 atom stereocenters. The second kappa shape index (κ2) is 8.38. The predicted octanol–water partition coefficient (Wildman–Crippen LogP) is 3.16. The maximum atomic E-state index is 12.3. The highest BCUT2D eigenvalue weighted by atomic mass is 16.6. The van der Waals surface area contributed by atoms with Crippen LogP contribution in [-0.4, -0.2) is 30.9 Å². The summed E-state index contributed by atoms with van der Waals surface area (Å²) in [4.78, 5) is 12.3. The Balaban J connectivity index is 1.58. The Bertz CT molecular complexity index is 787. The number of hydrogen-bond donors (Lipinski definition) is 1. The second-order valence-electron chi connectivity index (χ2n) is 5.91. The average Bonchev–Trinajstić information content (AvgIpc) is 2.70. The van der Waals surface area contributed by atoms with Crippen molar-refractivity contribution in [2.24, 2.45) is 5.10 Å². The van der Waals surface area contributed by atoms with Crippen molar-refractivity contribution in [2.45, 2.75) is 26.4 Å². The van der Waals surface area contributed by atoms with Crippen LogP contribution in [0.4, 0.5) is 0 Å². The van der Waals surface area contributed by atoms with Gasteiger partial charge in [0.25, 0.3) is 5.91 Å². The standard InChI is InChI=1S/C20H22N2O4/c1-3-12-24-16-10-8-15(9-11-16)14(2)21-22-20(23)19-13-25-17-6-4-5-7-18(17)26-19/h4-11,19H,3,12-13H2,1-2H3,(H,22,23)/b21-14+. The first-order valence-electron chi connectivity index (χ1n) is 8.63. The first-order valence-corrected chi connectivity index (χ1v) is 8.63. The maximum Gasteiger partial charge on any atom is 0.284 e. The van der Waals surface area contributed by atoms with E-state index in [1.165, 1.54) is 0 Å². The van der Waals surface area contributed by atoms with Gasteiger partial charge in [0.15, 0.2) is 11.5 Å². The van der Waals surface area contributed by atoms with Gasteiger partial charge in [-0.2, -0.15) is 5.10 Å². The molecule has 6 heteroatoms. The van der Waals surface area contributed by atoms with Crippen LogP contribution < -0.4 is 19.6 Å². The lowest BCUT2D eigenvalue weighted by atomic mass is 10.1. The van der Waals surface area contributed by atoms with Crippen molar-refractivity contribution in [2.75, 3.05) is 13.2 Å². The SMILES string of the molecule is CCCOc1ccc(/C(C)=N/NC(=O)C2COc3ccccc3O2)cc1. The summed E-state index contributed by atoms with van der Waals surface area (Å²) in [6.07, 6.45) is 0.234. The van der Waals surface area contributed by atoms with E-state index in [1.807, 2.05) is 43.3 Å². The molecule has 0 saturated heterocycles. The van der Waals surface area contributed by atoms with Crippen molar-refractivity contribution in [3.05, 3.63) is 54.1 Å². The number of ether oxygens (including phenoxy) is 3. The van der Waals surface area contributed by atoms with E-state index in [-0.39, 0.29) is 12.5 Å². The molecule has 1 amide bonds. The molecule has 0 bridgehead atoms. The van der Waals surface area contributed by atoms with Gasteiger partial charge in [0.2, 0.25) is 6.10 Å². The highest BCUT2D eigenvalue weighted by Crippen LogP contribution is 2.30. The maximum absolute atomic E-state index is 12.3. The number of para-hydroxylation sites is 2. The lowest BCUT2D eigenvalue weighted by Gasteiger charge is -2.24. The highest BCUT2D eigenvalue weighted by Gasteiger charge is 2.27. The van der Waals surface area contributed by atoms with Gasteiger partial charge in [0, 0.05) is 0 Å². The number of hydrazone groups is 1. The lowest BCUT2D eigenvalue weighted by molar-refractivity contribution is -0.130. The summed E-state index contributed by atoms with van der Waals surface area (Å²) in [6.45, 7) is 4.74. The van der Waals surface area contributed by atoms with E-state index in [9.17, 15) is 4.79 Å². The Labute approximate surface area is 152 Å². The third-order valence-corrected chi connectivity index (χ3v) is 3.88. The van der Waals surface area contributed by atoms with Gasteiger partial charge in [0.05, 0.1) is 12.3 Å². The van der Waals surface area contributed by atoms with Crippen LogP contribution in [0.15, 0.2) is 53.6 Å². The number of nitrogens with one attached hydrogen (secondary N) is 1. The molecule has 2 aromatic rings. The molecule has 1 heterocycles. The minimum Gasteiger partial charge on any atom is -0.494 e. The first kappa shape index (κ1) is 17.8. The number of benzene rings is 2. The fourth-order valence-electron chi connectivity index (χ4n) is 2.44. The van der Waals surface area contributed by atoms with E-state index >= 15 is 0 Å². The van der Waals surface area contributed by atoms with Gasteiger partial charge in [-0.15, -0.1) is 0 Å². The van der Waals surface area contributed by atoms with Crippen LogP contribution in [0, 0.1) is 0 Å². The zero-order valence-electron chi connectivity index (χ0n) is 14.9. The van der Waals surface area contributed by atoms with Crippen LogP contribution >= 0.6 is 0 Å². The average molecular weight is 354 g/mol. The van der Waals surface area contributed by atoms with Crippen molar-refractivity contribution in [1.82, 2.24) is 5.43 Å². The fraction of sp³-hybridized carbons (Fsp3) is 0.300. The van der Waals surface area contributed by atoms with Crippen molar-refractivity contribution in [3.63, 3.8) is 0 Å². The molecule has 1 N–H and O–H groups in total. The molecule has 0 fully saturated rings. The molecule has 1 aliphatic heterocycles. The van der Waals surface area contributed by atoms with Crippen molar-refractivity contribution in [3.8, 4) is 17.2 Å². The zero-order valence-corrected chi connectivity index (χ0v) is 14.9. The molecule has 136 valence electrons. The van der Waals surface area contributed by atoms with Gasteiger partial charge in [-0.3, -0.25) is 4.79 Å². The molecule has 2 aromatic carbocycles. The van der Waals surface area contributed by atoms with Gasteiger partial charge >= 0.3 is 0 Å². The molecule has 0 radical (unpaired) electrons. The van der Waals surface area contributed by atoms with Gasteiger partial charge in [-0.1, -0.05) is 19.1 Å². The van der Waals surface area contributed by atoms with Crippen molar-refractivity contribution < 1.29 is 19.0 Å². The van der Waals surface area contributed by atoms with Crippen LogP contribution in [-0.2, 0) is 4.79 Å². The number of hydrogen-bond acceptors (Lipinski definition) is 5. The molecule has 0 aromatic heterocycles. The third-order valence-electron chi connectivity index (χ3n) is 3.88. The molecule has 1 aliphatic rings. The summed E-state index contributed by atoms with van der Waals surface area (Å²) >= 11 is 0. The topological polar surface area (TPSA) is 69.2 Å². The van der Waals surface area contributed by atoms with E-state index in [4.69, 9.17) is 14.2 Å². The zero-order chi connectivity index (χ0) is 18.4. The van der Waals surface area contributed by atoms with Gasteiger partial charge in [0.1, 0.15) is 12.4 Å². The van der Waals surface area contributed by atoms with Crippen LogP contribution in [0.1, 0.15) is 25.8 Å². The smallest absolute Gasteiger partial charge is 0.284 e. The number of rotatable bonds is 6. The Morgan fingerprint density at radius 3 is 2.65 bits per heavy atom. The predicted molar refractivity (Wildman–Crippen MR) is 98.9 cm³/mol. The summed E-state index contributed by atoms with van der Waals surface area (Å²) < 4.78 is 16.8. The number of nitrogens with zero attached hydrogens (tertiary/aromatic N) is 1. The van der Waals surface area contributed by atoms with E-state index in [2.05, 4.69) is 17.5 Å². The van der Waals surface area contributed by atoms with Gasteiger partial charge in [-0.25, -0.2) is 5.43 Å². The number of fused-ring (bicyclic) bond motifs is 1. The van der Waals surface area contributed by atoms with Crippen LogP contribution in [0.25, 0.3) is 0 Å². The molecule has 0 saturated carbocycles. The second-order valence-corrected chi connectivity index (χ2v) is 5.91. The van der Waals surface area contributed by atoms with Crippen LogP contribution in [0.3, 0.4) is 0 Å². The van der Waals surface area contributed by atoms with E-state index < -0.39 is 6.10 Å². The molecule has 26 heavy (non-hydrogen) atoms. The quantitative estimate of drug-likeness (QED) is 0.639. The van der Waals surface area contributed by atoms with Gasteiger partial charge < -0.3 is 14.2 Å². The Morgan fingerprint density at radius 2 is 1.92 bits per heavy atom. The Kier molecular flexibility index (Phi) is 5.73. The Hall–Kier alpha value is -3.02. The molecule has 0 spiro atoms. The minimum atomic E-state index is -0.730. The van der Waals surface area contributed by atoms with Crippen LogP contribution in [0.5, 0.6) is 17.2 Å². The molecular weight excluding hydrogens is 332 g/mol. The number of carbonyl (C=O) groups excluding carboxylic acids is 1. The molecule has 1 unspecified atom stereocenters. The highest BCUT2D eigenvalue weighted by molar-refractivity contribution is 5.99. The first-order chi connectivity index (χ1) is 12.7. The molecular formula is C20H22N2O4. The van der Waals surface area contributed by atoms with Gasteiger partial charge in [-0.05, 0) is 55.3 Å². The van der Waals surface area contributed by atoms with E-state index in [0.29, 0.717) is 23.8 Å². The van der Waals surface area contributed by atoms with Crippen molar-refractivity contribution in [1.29, 1.82) is 0 Å². The van der Waals surface area contributed by atoms with Crippen LogP contribution in [0.2, 0.25) is 0 Å². The van der Waals surface area contributed by atoms with E-state index in [1.54, 1.807) is 12.1 Å². The summed E-state index contributed by atoms with van der Waals surface area (Å²) in [5.74, 6) is 1.67. The number of amides is 1. The Morgan fingerprint density at radius 1 is 1.19 bits per heavy atom. The lowest BCUT2D eigenvalue weighted by Crippen LogP contribution is -2.42. The largest absolute Gasteiger partial charge is 0.494 e. The molecule has 3 rings (SSSR count). The monoisotopic (exact) mass is 354 g/mol. The molecule has 6 nitrogen and oxygen atoms in total.